The molecule has 0 atom stereocenters. The van der Waals surface area contributed by atoms with Crippen molar-refractivity contribution in [3.63, 3.8) is 0 Å². The van der Waals surface area contributed by atoms with Gasteiger partial charge in [-0.2, -0.15) is 0 Å². The van der Waals surface area contributed by atoms with Gasteiger partial charge in [0, 0.05) is 21.2 Å². The lowest BCUT2D eigenvalue weighted by Gasteiger charge is -2.19. The standard InChI is InChI=1S/C13H11ClN2O3S/c1-19-9-2-4-10(5-3-9)20(18)11-6-8(14)7-15-12(11)13(17)16-20/h2-7,20H,1H3,(H,16,17,18). The maximum absolute atomic E-state index is 13.1. The minimum atomic E-state index is -3.23. The van der Waals surface area contributed by atoms with E-state index in [-0.39, 0.29) is 5.69 Å². The van der Waals surface area contributed by atoms with Crippen LogP contribution in [0.1, 0.15) is 10.5 Å². The number of hydrogen-bond donors (Lipinski definition) is 2. The first-order valence-electron chi connectivity index (χ1n) is 5.78. The summed E-state index contributed by atoms with van der Waals surface area (Å²) in [6, 6.07) is 8.23. The number of amides is 1. The molecule has 0 aliphatic carbocycles. The maximum Gasteiger partial charge on any atom is 0.281 e. The van der Waals surface area contributed by atoms with Gasteiger partial charge in [0.15, 0.2) is 0 Å². The lowest BCUT2D eigenvalue weighted by Crippen LogP contribution is -2.28. The molecule has 1 aliphatic heterocycles. The molecule has 0 fully saturated rings. The summed E-state index contributed by atoms with van der Waals surface area (Å²) in [7, 11) is -1.68. The van der Waals surface area contributed by atoms with E-state index >= 15 is 0 Å². The average molecular weight is 311 g/mol. The van der Waals surface area contributed by atoms with Gasteiger partial charge in [0.1, 0.15) is 11.4 Å². The Hall–Kier alpha value is -1.92. The Morgan fingerprint density at radius 2 is 2.00 bits per heavy atom. The van der Waals surface area contributed by atoms with Crippen molar-refractivity contribution in [2.45, 2.75) is 9.79 Å². The van der Waals surface area contributed by atoms with Crippen molar-refractivity contribution < 1.29 is 13.7 Å². The molecule has 0 radical (unpaired) electrons. The Balaban J connectivity index is 2.16. The summed E-state index contributed by atoms with van der Waals surface area (Å²) in [5, 5.41) is 0.342. The highest BCUT2D eigenvalue weighted by Crippen LogP contribution is 2.35. The third kappa shape index (κ3) is 1.88. The Labute approximate surface area is 121 Å². The Kier molecular flexibility index (Phi) is 2.99. The summed E-state index contributed by atoms with van der Waals surface area (Å²) in [5.74, 6) is 0.200. The van der Waals surface area contributed by atoms with Crippen molar-refractivity contribution in [1.82, 2.24) is 9.71 Å². The number of hydrogen-bond acceptors (Lipinski definition) is 4. The number of ether oxygens (including phenoxy) is 1. The van der Waals surface area contributed by atoms with Crippen molar-refractivity contribution >= 4 is 27.6 Å². The van der Waals surface area contributed by atoms with Gasteiger partial charge in [0.05, 0.1) is 17.0 Å². The van der Waals surface area contributed by atoms with E-state index in [2.05, 4.69) is 9.71 Å². The fourth-order valence-electron chi connectivity index (χ4n) is 2.10. The van der Waals surface area contributed by atoms with Crippen LogP contribution in [0.2, 0.25) is 5.02 Å². The largest absolute Gasteiger partial charge is 0.497 e. The summed E-state index contributed by atoms with van der Waals surface area (Å²) in [4.78, 5) is 16.7. The zero-order chi connectivity index (χ0) is 14.3. The lowest BCUT2D eigenvalue weighted by molar-refractivity contribution is 0.0980. The number of thiol groups is 1. The van der Waals surface area contributed by atoms with Gasteiger partial charge in [-0.1, -0.05) is 11.6 Å². The lowest BCUT2D eigenvalue weighted by atomic mass is 10.3. The molecule has 2 heterocycles. The van der Waals surface area contributed by atoms with Gasteiger partial charge in [0.2, 0.25) is 0 Å². The molecule has 2 aromatic rings. The third-order valence-electron chi connectivity index (χ3n) is 3.08. The quantitative estimate of drug-likeness (QED) is 0.831. The summed E-state index contributed by atoms with van der Waals surface area (Å²) in [5.41, 5.74) is 0.161. The van der Waals surface area contributed by atoms with E-state index in [1.165, 1.54) is 12.3 Å². The monoisotopic (exact) mass is 310 g/mol. The fourth-order valence-corrected chi connectivity index (χ4v) is 4.60. The topological polar surface area (TPSA) is 68.3 Å². The Bertz CT molecular complexity index is 746. The van der Waals surface area contributed by atoms with Gasteiger partial charge < -0.3 is 4.74 Å². The van der Waals surface area contributed by atoms with Crippen LogP contribution >= 0.6 is 11.6 Å². The number of methoxy groups -OCH3 is 1. The van der Waals surface area contributed by atoms with Gasteiger partial charge in [-0.3, -0.25) is 13.7 Å². The molecule has 1 aromatic heterocycles. The average Bonchev–Trinajstić information content (AvgIpc) is 2.71. The van der Waals surface area contributed by atoms with E-state index in [1.54, 1.807) is 31.4 Å². The zero-order valence-electron chi connectivity index (χ0n) is 10.5. The number of aromatic nitrogens is 1. The molecular weight excluding hydrogens is 300 g/mol. The number of rotatable bonds is 2. The van der Waals surface area contributed by atoms with E-state index in [0.717, 1.165) is 0 Å². The molecule has 0 saturated heterocycles. The minimum absolute atomic E-state index is 0.161. The van der Waals surface area contributed by atoms with Crippen LogP contribution in [0.5, 0.6) is 5.75 Å². The first kappa shape index (κ1) is 13.1. The van der Waals surface area contributed by atoms with Crippen molar-refractivity contribution in [3.8, 4) is 5.75 Å². The molecule has 1 aromatic carbocycles. The predicted octanol–water partition coefficient (Wildman–Crippen LogP) is 1.84. The molecule has 20 heavy (non-hydrogen) atoms. The van der Waals surface area contributed by atoms with E-state index in [9.17, 15) is 9.00 Å². The van der Waals surface area contributed by atoms with E-state index in [1.807, 2.05) is 0 Å². The molecule has 1 aliphatic rings. The maximum atomic E-state index is 13.1. The van der Waals surface area contributed by atoms with Crippen LogP contribution in [0, 0.1) is 0 Å². The number of nitrogens with one attached hydrogen (secondary N) is 1. The van der Waals surface area contributed by atoms with Crippen LogP contribution in [-0.2, 0) is 10.1 Å². The predicted molar refractivity (Wildman–Crippen MR) is 75.8 cm³/mol. The second-order valence-corrected chi connectivity index (χ2v) is 7.15. The fraction of sp³-hybridized carbons (Fsp3) is 0.0769. The second kappa shape index (κ2) is 4.57. The van der Waals surface area contributed by atoms with E-state index in [4.69, 9.17) is 16.3 Å². The number of benzene rings is 1. The van der Waals surface area contributed by atoms with E-state index < -0.39 is 16.0 Å². The van der Waals surface area contributed by atoms with Crippen molar-refractivity contribution in [1.29, 1.82) is 0 Å². The van der Waals surface area contributed by atoms with Crippen LogP contribution in [-0.4, -0.2) is 22.2 Å². The zero-order valence-corrected chi connectivity index (χ0v) is 12.1. The minimum Gasteiger partial charge on any atom is -0.497 e. The van der Waals surface area contributed by atoms with Gasteiger partial charge in [-0.25, -0.2) is 4.98 Å². The Morgan fingerprint density at radius 3 is 2.65 bits per heavy atom. The summed E-state index contributed by atoms with van der Waals surface area (Å²) >= 11 is 5.89. The molecule has 0 unspecified atom stereocenters. The van der Waals surface area contributed by atoms with Crippen molar-refractivity contribution in [2.75, 3.05) is 7.11 Å². The number of fused-ring (bicyclic) bond motifs is 1. The number of pyridine rings is 1. The SMILES string of the molecule is COc1ccc([SH]2(=O)NC(=O)c3ncc(Cl)cc32)cc1. The van der Waals surface area contributed by atoms with Gasteiger partial charge >= 0.3 is 0 Å². The normalized spacial score (nSPS) is 17.2. The molecule has 7 heteroatoms. The smallest absolute Gasteiger partial charge is 0.281 e. The van der Waals surface area contributed by atoms with Crippen LogP contribution < -0.4 is 9.46 Å². The van der Waals surface area contributed by atoms with Crippen LogP contribution in [0.25, 0.3) is 0 Å². The first-order chi connectivity index (χ1) is 9.54. The Morgan fingerprint density at radius 1 is 1.30 bits per heavy atom. The van der Waals surface area contributed by atoms with Crippen LogP contribution in [0.3, 0.4) is 0 Å². The summed E-state index contributed by atoms with van der Waals surface area (Å²) in [6.07, 6.45) is 1.36. The van der Waals surface area contributed by atoms with Crippen molar-refractivity contribution in [2.24, 2.45) is 0 Å². The highest BCUT2D eigenvalue weighted by molar-refractivity contribution is 8.02. The van der Waals surface area contributed by atoms with Crippen LogP contribution in [0.4, 0.5) is 0 Å². The summed E-state index contributed by atoms with van der Waals surface area (Å²) in [6.45, 7) is 0. The number of nitrogens with zero attached hydrogens (tertiary/aromatic N) is 1. The highest BCUT2D eigenvalue weighted by Gasteiger charge is 2.36. The third-order valence-corrected chi connectivity index (χ3v) is 5.85. The van der Waals surface area contributed by atoms with Gasteiger partial charge in [-0.05, 0) is 30.3 Å². The molecule has 104 valence electrons. The molecular formula is C13H11ClN2O3S. The van der Waals surface area contributed by atoms with E-state index in [0.29, 0.717) is 20.6 Å². The molecule has 5 nitrogen and oxygen atoms in total. The number of carbonyl (C=O) groups is 1. The molecule has 0 spiro atoms. The van der Waals surface area contributed by atoms with Gasteiger partial charge in [0.25, 0.3) is 5.91 Å². The summed E-state index contributed by atoms with van der Waals surface area (Å²) < 4.78 is 20.7. The molecule has 1 amide bonds. The second-order valence-electron chi connectivity index (χ2n) is 4.27. The molecule has 1 N–H and O–H groups in total. The van der Waals surface area contributed by atoms with Crippen LogP contribution in [0.15, 0.2) is 46.3 Å². The molecule has 3 rings (SSSR count). The highest BCUT2D eigenvalue weighted by atomic mass is 35.5. The first-order valence-corrected chi connectivity index (χ1v) is 7.86. The number of carbonyl (C=O) groups excluding carboxylic acids is 1. The molecule has 0 saturated carbocycles. The van der Waals surface area contributed by atoms with Gasteiger partial charge in [-0.15, -0.1) is 0 Å². The van der Waals surface area contributed by atoms with Crippen molar-refractivity contribution in [3.05, 3.63) is 47.2 Å². The number of halogens is 1. The molecule has 0 bridgehead atoms.